The van der Waals surface area contributed by atoms with Gasteiger partial charge in [-0.2, -0.15) is 5.10 Å². The van der Waals surface area contributed by atoms with Crippen LogP contribution in [0, 0.1) is 0 Å². The molecule has 3 N–H and O–H groups in total. The smallest absolute Gasteiger partial charge is 0.303 e. The Hall–Kier alpha value is -1.41. The van der Waals surface area contributed by atoms with Gasteiger partial charge in [0.1, 0.15) is 5.75 Å². The average Bonchev–Trinajstić information content (AvgIpc) is 2.44. The van der Waals surface area contributed by atoms with Crippen LogP contribution in [0.3, 0.4) is 0 Å². The molecule has 0 unspecified atom stereocenters. The molecule has 0 atom stereocenters. The normalized spacial score (nSPS) is 10.8. The van der Waals surface area contributed by atoms with Gasteiger partial charge in [0.15, 0.2) is 0 Å². The van der Waals surface area contributed by atoms with E-state index < -0.39 is 5.97 Å². The second-order valence-electron chi connectivity index (χ2n) is 4.58. The summed E-state index contributed by atoms with van der Waals surface area (Å²) in [5.41, 5.74) is 3.11. The molecule has 0 aliphatic rings. The molecule has 1 rings (SSSR count). The lowest BCUT2D eigenvalue weighted by atomic mass is 10.1. The number of rotatable bonds is 8. The number of carboxylic acid groups (broad SMARTS) is 1. The van der Waals surface area contributed by atoms with E-state index in [4.69, 9.17) is 5.11 Å². The number of carbonyl (C=O) groups excluding carboxylic acids is 1. The minimum Gasteiger partial charge on any atom is -0.506 e. The van der Waals surface area contributed by atoms with E-state index in [1.807, 2.05) is 0 Å². The number of hydrazone groups is 1. The summed E-state index contributed by atoms with van der Waals surface area (Å²) < 4.78 is 1.04. The van der Waals surface area contributed by atoms with Gasteiger partial charge in [0, 0.05) is 12.8 Å². The number of nitrogens with one attached hydrogen (secondary N) is 1. The van der Waals surface area contributed by atoms with Crippen LogP contribution in [0.25, 0.3) is 0 Å². The molecule has 0 radical (unpaired) electrons. The van der Waals surface area contributed by atoms with Gasteiger partial charge >= 0.3 is 5.97 Å². The molecule has 0 aliphatic heterocycles. The zero-order valence-corrected chi connectivity index (χ0v) is 14.9. The van der Waals surface area contributed by atoms with Crippen LogP contribution >= 0.6 is 31.9 Å². The molecule has 0 saturated carbocycles. The number of halogens is 2. The van der Waals surface area contributed by atoms with E-state index in [2.05, 4.69) is 42.4 Å². The maximum atomic E-state index is 11.5. The topological polar surface area (TPSA) is 99.0 Å². The van der Waals surface area contributed by atoms with Crippen LogP contribution in [-0.2, 0) is 9.59 Å². The van der Waals surface area contributed by atoms with Crippen molar-refractivity contribution in [1.82, 2.24) is 5.43 Å². The molecule has 0 bridgehead atoms. The third-order valence-electron chi connectivity index (χ3n) is 2.74. The van der Waals surface area contributed by atoms with Crippen LogP contribution in [0.4, 0.5) is 0 Å². The molecule has 1 aromatic rings. The molecule has 6 nitrogen and oxygen atoms in total. The number of unbranched alkanes of at least 4 members (excludes halogenated alkanes) is 2. The molecular formula is C14H16Br2N2O4. The van der Waals surface area contributed by atoms with E-state index in [-0.39, 0.29) is 18.1 Å². The standard InChI is InChI=1S/C14H16Br2N2O4/c15-10-6-9(7-11(16)14(10)22)8-17-18-12(19)4-2-1-3-5-13(20)21/h6-8,22H,1-5H2,(H,18,19)(H,20,21)/b17-8+. The lowest BCUT2D eigenvalue weighted by Gasteiger charge is -2.02. The number of aliphatic carboxylic acids is 1. The van der Waals surface area contributed by atoms with Gasteiger partial charge in [-0.25, -0.2) is 5.43 Å². The first-order chi connectivity index (χ1) is 10.4. The Morgan fingerprint density at radius 3 is 2.32 bits per heavy atom. The quantitative estimate of drug-likeness (QED) is 0.331. The Balaban J connectivity index is 2.33. The van der Waals surface area contributed by atoms with E-state index in [9.17, 15) is 14.7 Å². The first-order valence-electron chi connectivity index (χ1n) is 6.62. The van der Waals surface area contributed by atoms with Gasteiger partial charge in [0.05, 0.1) is 15.2 Å². The number of nitrogens with zero attached hydrogens (tertiary/aromatic N) is 1. The van der Waals surface area contributed by atoms with Crippen molar-refractivity contribution in [2.24, 2.45) is 5.10 Å². The van der Waals surface area contributed by atoms with Crippen molar-refractivity contribution in [3.63, 3.8) is 0 Å². The summed E-state index contributed by atoms with van der Waals surface area (Å²) >= 11 is 6.41. The van der Waals surface area contributed by atoms with E-state index in [0.717, 1.165) is 0 Å². The third-order valence-corrected chi connectivity index (χ3v) is 3.95. The van der Waals surface area contributed by atoms with Gasteiger partial charge in [-0.15, -0.1) is 0 Å². The fourth-order valence-corrected chi connectivity index (χ4v) is 2.85. The number of hydrogen-bond donors (Lipinski definition) is 3. The Bertz CT molecular complexity index is 553. The number of phenolic OH excluding ortho intramolecular Hbond substituents is 1. The SMILES string of the molecule is O=C(O)CCCCCC(=O)N/N=C/c1cc(Br)c(O)c(Br)c1. The predicted molar refractivity (Wildman–Crippen MR) is 90.0 cm³/mol. The van der Waals surface area contributed by atoms with Gasteiger partial charge in [-0.3, -0.25) is 9.59 Å². The highest BCUT2D eigenvalue weighted by atomic mass is 79.9. The number of carboxylic acids is 1. The molecule has 0 saturated heterocycles. The molecule has 120 valence electrons. The summed E-state index contributed by atoms with van der Waals surface area (Å²) in [5, 5.41) is 21.9. The third kappa shape index (κ3) is 7.04. The molecule has 0 aromatic heterocycles. The van der Waals surface area contributed by atoms with Crippen molar-refractivity contribution in [3.8, 4) is 5.75 Å². The summed E-state index contributed by atoms with van der Waals surface area (Å²) in [4.78, 5) is 21.8. The first-order valence-corrected chi connectivity index (χ1v) is 8.20. The summed E-state index contributed by atoms with van der Waals surface area (Å²) in [6.45, 7) is 0. The molecule has 22 heavy (non-hydrogen) atoms. The van der Waals surface area contributed by atoms with Crippen molar-refractivity contribution >= 4 is 50.0 Å². The second kappa shape index (κ2) is 9.58. The summed E-state index contributed by atoms with van der Waals surface area (Å²) in [7, 11) is 0. The fraction of sp³-hybridized carbons (Fsp3) is 0.357. The van der Waals surface area contributed by atoms with Crippen molar-refractivity contribution in [3.05, 3.63) is 26.6 Å². The molecule has 0 heterocycles. The van der Waals surface area contributed by atoms with Crippen molar-refractivity contribution in [1.29, 1.82) is 0 Å². The summed E-state index contributed by atoms with van der Waals surface area (Å²) in [6.07, 6.45) is 3.80. The number of hydrogen-bond acceptors (Lipinski definition) is 4. The lowest BCUT2D eigenvalue weighted by Crippen LogP contribution is -2.16. The Morgan fingerprint density at radius 2 is 1.73 bits per heavy atom. The Labute approximate surface area is 144 Å². The number of benzene rings is 1. The minimum atomic E-state index is -0.819. The zero-order chi connectivity index (χ0) is 16.5. The van der Waals surface area contributed by atoms with Crippen molar-refractivity contribution in [2.45, 2.75) is 32.1 Å². The van der Waals surface area contributed by atoms with Crippen LogP contribution in [0.5, 0.6) is 5.75 Å². The number of carbonyl (C=O) groups is 2. The Kier molecular flexibility index (Phi) is 8.11. The Morgan fingerprint density at radius 1 is 1.14 bits per heavy atom. The second-order valence-corrected chi connectivity index (χ2v) is 6.29. The maximum Gasteiger partial charge on any atom is 0.303 e. The molecular weight excluding hydrogens is 420 g/mol. The van der Waals surface area contributed by atoms with Gasteiger partial charge < -0.3 is 10.2 Å². The monoisotopic (exact) mass is 434 g/mol. The largest absolute Gasteiger partial charge is 0.506 e. The minimum absolute atomic E-state index is 0.0996. The van der Waals surface area contributed by atoms with E-state index >= 15 is 0 Å². The van der Waals surface area contributed by atoms with Crippen LogP contribution < -0.4 is 5.43 Å². The highest BCUT2D eigenvalue weighted by molar-refractivity contribution is 9.11. The maximum absolute atomic E-state index is 11.5. The van der Waals surface area contributed by atoms with Gasteiger partial charge in [0.25, 0.3) is 0 Å². The zero-order valence-electron chi connectivity index (χ0n) is 11.7. The lowest BCUT2D eigenvalue weighted by molar-refractivity contribution is -0.137. The number of phenols is 1. The molecule has 0 spiro atoms. The predicted octanol–water partition coefficient (Wildman–Crippen LogP) is 3.40. The molecule has 0 aliphatic carbocycles. The molecule has 1 amide bonds. The number of amides is 1. The summed E-state index contributed by atoms with van der Waals surface area (Å²) in [6, 6.07) is 3.34. The van der Waals surface area contributed by atoms with Crippen molar-refractivity contribution in [2.75, 3.05) is 0 Å². The van der Waals surface area contributed by atoms with Crippen LogP contribution in [0.15, 0.2) is 26.2 Å². The highest BCUT2D eigenvalue weighted by Crippen LogP contribution is 2.32. The molecule has 0 fully saturated rings. The average molecular weight is 436 g/mol. The number of aromatic hydroxyl groups is 1. The van der Waals surface area contributed by atoms with E-state index in [1.54, 1.807) is 12.1 Å². The van der Waals surface area contributed by atoms with Gasteiger partial charge in [-0.1, -0.05) is 6.42 Å². The van der Waals surface area contributed by atoms with Crippen LogP contribution in [0.1, 0.15) is 37.7 Å². The van der Waals surface area contributed by atoms with Gasteiger partial charge in [0.2, 0.25) is 5.91 Å². The fourth-order valence-electron chi connectivity index (χ4n) is 1.63. The molecule has 1 aromatic carbocycles. The van der Waals surface area contributed by atoms with Gasteiger partial charge in [-0.05, 0) is 62.4 Å². The highest BCUT2D eigenvalue weighted by Gasteiger charge is 2.05. The van der Waals surface area contributed by atoms with Crippen LogP contribution in [-0.4, -0.2) is 28.3 Å². The van der Waals surface area contributed by atoms with E-state index in [0.29, 0.717) is 40.2 Å². The van der Waals surface area contributed by atoms with Crippen LogP contribution in [0.2, 0.25) is 0 Å². The van der Waals surface area contributed by atoms with E-state index in [1.165, 1.54) is 6.21 Å². The molecule has 8 heteroatoms. The summed E-state index contributed by atoms with van der Waals surface area (Å²) in [5.74, 6) is -0.939. The first kappa shape index (κ1) is 18.6. The van der Waals surface area contributed by atoms with Crippen molar-refractivity contribution < 1.29 is 19.8 Å².